The minimum Gasteiger partial charge on any atom is -0.352 e. The Morgan fingerprint density at radius 1 is 1.11 bits per heavy atom. The van der Waals surface area contributed by atoms with Gasteiger partial charge >= 0.3 is 0 Å². The third-order valence-corrected chi connectivity index (χ3v) is 4.46. The SMILES string of the molecule is O=C(NCCCNC(=O)c1cn(C2CCNCC2)nn1)c1ccc(F)cc1. The minimum absolute atomic E-state index is 0.272. The molecule has 0 aliphatic carbocycles. The van der Waals surface area contributed by atoms with E-state index in [-0.39, 0.29) is 23.7 Å². The molecule has 0 bridgehead atoms. The monoisotopic (exact) mass is 374 g/mol. The van der Waals surface area contributed by atoms with Gasteiger partial charge in [-0.1, -0.05) is 5.21 Å². The van der Waals surface area contributed by atoms with Gasteiger partial charge in [0.05, 0.1) is 12.2 Å². The van der Waals surface area contributed by atoms with Gasteiger partial charge in [0, 0.05) is 18.7 Å². The summed E-state index contributed by atoms with van der Waals surface area (Å²) in [6.45, 7) is 2.69. The van der Waals surface area contributed by atoms with E-state index in [9.17, 15) is 14.0 Å². The molecule has 3 N–H and O–H groups in total. The maximum absolute atomic E-state index is 12.8. The van der Waals surface area contributed by atoms with Crippen molar-refractivity contribution >= 4 is 11.8 Å². The third-order valence-electron chi connectivity index (χ3n) is 4.46. The molecule has 144 valence electrons. The molecule has 0 atom stereocenters. The molecule has 27 heavy (non-hydrogen) atoms. The van der Waals surface area contributed by atoms with Crippen LogP contribution in [0.3, 0.4) is 0 Å². The summed E-state index contributed by atoms with van der Waals surface area (Å²) in [7, 11) is 0. The summed E-state index contributed by atoms with van der Waals surface area (Å²) in [5.74, 6) is -0.933. The molecule has 1 aromatic carbocycles. The summed E-state index contributed by atoms with van der Waals surface area (Å²) in [6.07, 6.45) is 4.19. The Hall–Kier alpha value is -2.81. The van der Waals surface area contributed by atoms with E-state index in [2.05, 4.69) is 26.3 Å². The number of hydrogen-bond acceptors (Lipinski definition) is 5. The molecule has 1 aromatic heterocycles. The molecule has 0 radical (unpaired) electrons. The molecule has 1 aliphatic heterocycles. The van der Waals surface area contributed by atoms with Crippen LogP contribution in [0.15, 0.2) is 30.5 Å². The van der Waals surface area contributed by atoms with Gasteiger partial charge in [0.15, 0.2) is 5.69 Å². The zero-order valence-corrected chi connectivity index (χ0v) is 14.9. The van der Waals surface area contributed by atoms with E-state index < -0.39 is 0 Å². The van der Waals surface area contributed by atoms with Crippen molar-refractivity contribution < 1.29 is 14.0 Å². The zero-order valence-electron chi connectivity index (χ0n) is 14.9. The first-order valence-corrected chi connectivity index (χ1v) is 9.08. The molecular weight excluding hydrogens is 351 g/mol. The van der Waals surface area contributed by atoms with Crippen molar-refractivity contribution in [3.63, 3.8) is 0 Å². The quantitative estimate of drug-likeness (QED) is 0.625. The fourth-order valence-corrected chi connectivity index (χ4v) is 2.92. The predicted molar refractivity (Wildman–Crippen MR) is 96.8 cm³/mol. The lowest BCUT2D eigenvalue weighted by Crippen LogP contribution is -2.30. The second-order valence-corrected chi connectivity index (χ2v) is 6.44. The summed E-state index contributed by atoms with van der Waals surface area (Å²) in [5.41, 5.74) is 0.693. The second-order valence-electron chi connectivity index (χ2n) is 6.44. The molecule has 0 saturated carbocycles. The lowest BCUT2D eigenvalue weighted by molar-refractivity contribution is 0.0948. The molecule has 1 fully saturated rings. The average Bonchev–Trinajstić information content (AvgIpc) is 3.19. The van der Waals surface area contributed by atoms with Gasteiger partial charge in [0.25, 0.3) is 11.8 Å². The number of carbonyl (C=O) groups excluding carboxylic acids is 2. The smallest absolute Gasteiger partial charge is 0.273 e. The molecule has 0 unspecified atom stereocenters. The Morgan fingerprint density at radius 3 is 2.48 bits per heavy atom. The molecule has 3 rings (SSSR count). The van der Waals surface area contributed by atoms with Gasteiger partial charge in [0.1, 0.15) is 5.82 Å². The van der Waals surface area contributed by atoms with Crippen LogP contribution >= 0.6 is 0 Å². The van der Waals surface area contributed by atoms with Crippen molar-refractivity contribution in [1.29, 1.82) is 0 Å². The van der Waals surface area contributed by atoms with E-state index in [0.717, 1.165) is 25.9 Å². The van der Waals surface area contributed by atoms with Gasteiger partial charge in [-0.25, -0.2) is 9.07 Å². The lowest BCUT2D eigenvalue weighted by atomic mass is 10.1. The Morgan fingerprint density at radius 2 is 1.78 bits per heavy atom. The Bertz CT molecular complexity index is 770. The van der Waals surface area contributed by atoms with E-state index in [1.165, 1.54) is 24.3 Å². The Labute approximate surface area is 156 Å². The first-order chi connectivity index (χ1) is 13.1. The number of hydrogen-bond donors (Lipinski definition) is 3. The van der Waals surface area contributed by atoms with Gasteiger partial charge in [-0.15, -0.1) is 5.10 Å². The van der Waals surface area contributed by atoms with E-state index in [4.69, 9.17) is 0 Å². The summed E-state index contributed by atoms with van der Waals surface area (Å²) in [5, 5.41) is 16.8. The number of piperidine rings is 1. The van der Waals surface area contributed by atoms with Crippen molar-refractivity contribution in [3.05, 3.63) is 47.5 Å². The van der Waals surface area contributed by atoms with Crippen LogP contribution in [0.5, 0.6) is 0 Å². The van der Waals surface area contributed by atoms with Crippen LogP contribution in [-0.2, 0) is 0 Å². The van der Waals surface area contributed by atoms with Crippen LogP contribution in [0.1, 0.15) is 46.2 Å². The number of aromatic nitrogens is 3. The summed E-state index contributed by atoms with van der Waals surface area (Å²) >= 11 is 0. The van der Waals surface area contributed by atoms with Crippen molar-refractivity contribution in [1.82, 2.24) is 30.9 Å². The van der Waals surface area contributed by atoms with Crippen LogP contribution in [-0.4, -0.2) is 53.0 Å². The standard InChI is InChI=1S/C18H23FN6O2/c19-14-4-2-13(3-5-14)17(26)21-8-1-9-22-18(27)16-12-25(24-23-16)15-6-10-20-11-7-15/h2-5,12,15,20H,1,6-11H2,(H,21,26)(H,22,27). The van der Waals surface area contributed by atoms with Gasteiger partial charge < -0.3 is 16.0 Å². The lowest BCUT2D eigenvalue weighted by Gasteiger charge is -2.22. The normalized spacial score (nSPS) is 14.7. The Kier molecular flexibility index (Phi) is 6.48. The molecule has 0 spiro atoms. The fraction of sp³-hybridized carbons (Fsp3) is 0.444. The third kappa shape index (κ3) is 5.33. The van der Waals surface area contributed by atoms with Crippen LogP contribution in [0.2, 0.25) is 0 Å². The van der Waals surface area contributed by atoms with Gasteiger partial charge in [-0.05, 0) is 56.6 Å². The average molecular weight is 374 g/mol. The van der Waals surface area contributed by atoms with Crippen LogP contribution in [0.4, 0.5) is 4.39 Å². The second kappa shape index (κ2) is 9.22. The summed E-state index contributed by atoms with van der Waals surface area (Å²) in [4.78, 5) is 24.0. The van der Waals surface area contributed by atoms with E-state index in [0.29, 0.717) is 30.8 Å². The first kappa shape index (κ1) is 19.0. The number of rotatable bonds is 7. The number of benzene rings is 1. The van der Waals surface area contributed by atoms with Crippen molar-refractivity contribution in [3.8, 4) is 0 Å². The molecule has 2 aromatic rings. The highest BCUT2D eigenvalue weighted by molar-refractivity contribution is 5.94. The van der Waals surface area contributed by atoms with Crippen molar-refractivity contribution in [2.45, 2.75) is 25.3 Å². The number of carbonyl (C=O) groups is 2. The van der Waals surface area contributed by atoms with Crippen molar-refractivity contribution in [2.75, 3.05) is 26.2 Å². The first-order valence-electron chi connectivity index (χ1n) is 9.08. The molecule has 2 amide bonds. The minimum atomic E-state index is -0.383. The molecule has 2 heterocycles. The molecule has 1 saturated heterocycles. The van der Waals surface area contributed by atoms with E-state index in [1.807, 2.05) is 0 Å². The summed E-state index contributed by atoms with van der Waals surface area (Å²) in [6, 6.07) is 5.62. The van der Waals surface area contributed by atoms with Crippen LogP contribution in [0, 0.1) is 5.82 Å². The number of nitrogens with zero attached hydrogens (tertiary/aromatic N) is 3. The molecule has 8 nitrogen and oxygen atoms in total. The van der Waals surface area contributed by atoms with E-state index in [1.54, 1.807) is 10.9 Å². The molecule has 1 aliphatic rings. The zero-order chi connectivity index (χ0) is 19.1. The number of nitrogens with one attached hydrogen (secondary N) is 3. The molecular formula is C18H23FN6O2. The van der Waals surface area contributed by atoms with Gasteiger partial charge in [-0.2, -0.15) is 0 Å². The highest BCUT2D eigenvalue weighted by Crippen LogP contribution is 2.16. The highest BCUT2D eigenvalue weighted by atomic mass is 19.1. The molecule has 9 heteroatoms. The number of amides is 2. The van der Waals surface area contributed by atoms with Crippen molar-refractivity contribution in [2.24, 2.45) is 0 Å². The Balaban J connectivity index is 1.36. The van der Waals surface area contributed by atoms with E-state index >= 15 is 0 Å². The highest BCUT2D eigenvalue weighted by Gasteiger charge is 2.18. The largest absolute Gasteiger partial charge is 0.352 e. The topological polar surface area (TPSA) is 101 Å². The van der Waals surface area contributed by atoms with Gasteiger partial charge in [-0.3, -0.25) is 9.59 Å². The van der Waals surface area contributed by atoms with Gasteiger partial charge in [0.2, 0.25) is 0 Å². The number of halogens is 1. The van der Waals surface area contributed by atoms with Crippen LogP contribution in [0.25, 0.3) is 0 Å². The fourth-order valence-electron chi connectivity index (χ4n) is 2.92. The summed E-state index contributed by atoms with van der Waals surface area (Å²) < 4.78 is 14.6. The van der Waals surface area contributed by atoms with Crippen LogP contribution < -0.4 is 16.0 Å². The maximum atomic E-state index is 12.8. The maximum Gasteiger partial charge on any atom is 0.273 e. The predicted octanol–water partition coefficient (Wildman–Crippen LogP) is 0.892.